The Morgan fingerprint density at radius 2 is 1.85 bits per heavy atom. The van der Waals surface area contributed by atoms with Gasteiger partial charge in [-0.25, -0.2) is 9.78 Å². The van der Waals surface area contributed by atoms with Crippen LogP contribution in [0.1, 0.15) is 57.7 Å². The summed E-state index contributed by atoms with van der Waals surface area (Å²) in [4.78, 5) is 47.8. The Balaban J connectivity index is 1.70. The van der Waals surface area contributed by atoms with Crippen LogP contribution in [0, 0.1) is 12.8 Å². The van der Waals surface area contributed by atoms with Crippen molar-refractivity contribution in [3.05, 3.63) is 46.9 Å². The van der Waals surface area contributed by atoms with Gasteiger partial charge in [-0.15, -0.1) is 0 Å². The summed E-state index contributed by atoms with van der Waals surface area (Å²) in [6.07, 6.45) is 5.60. The number of piperidine rings is 1. The van der Waals surface area contributed by atoms with Gasteiger partial charge in [0.25, 0.3) is 0 Å². The van der Waals surface area contributed by atoms with Gasteiger partial charge >= 0.3 is 17.9 Å². The van der Waals surface area contributed by atoms with Gasteiger partial charge in [0.1, 0.15) is 11.4 Å². The highest BCUT2D eigenvalue weighted by Crippen LogP contribution is 2.34. The fraction of sp³-hybridized carbons (Fsp3) is 0.458. The number of amides is 3. The molecule has 0 spiro atoms. The molecule has 0 radical (unpaired) electrons. The van der Waals surface area contributed by atoms with E-state index in [1.54, 1.807) is 50.9 Å². The number of anilines is 2. The molecule has 0 unspecified atom stereocenters. The summed E-state index contributed by atoms with van der Waals surface area (Å²) in [7, 11) is 0. The Kier molecular flexibility index (Phi) is 7.76. The average molecular weight is 488 g/mol. The quantitative estimate of drug-likeness (QED) is 0.605. The molecule has 0 bridgehead atoms. The molecule has 0 aromatic carbocycles. The van der Waals surface area contributed by atoms with E-state index in [2.05, 4.69) is 20.6 Å². The standard InChI is InChI=1S/C24H30ClN5O4/c1-14-6-7-19(16-9-17(25)11-26-10-16)30(13-14)22(32)21(31)28-18-8-15(2)20(27-12-18)29-23(33)34-24(3,4)5/h8-12,14,19H,6-7,13H2,1-5H3,(H,28,31)(H,27,29,33)/t14-,19+/m0/s1. The van der Waals surface area contributed by atoms with Gasteiger partial charge < -0.3 is 15.0 Å². The minimum atomic E-state index is -0.761. The molecule has 2 aromatic heterocycles. The third-order valence-electron chi connectivity index (χ3n) is 5.34. The maximum Gasteiger partial charge on any atom is 0.413 e. The lowest BCUT2D eigenvalue weighted by Crippen LogP contribution is -2.46. The molecule has 3 heterocycles. The smallest absolute Gasteiger partial charge is 0.413 e. The summed E-state index contributed by atoms with van der Waals surface area (Å²) >= 11 is 6.09. The lowest BCUT2D eigenvalue weighted by Gasteiger charge is -2.38. The predicted molar refractivity (Wildman–Crippen MR) is 130 cm³/mol. The number of ether oxygens (including phenoxy) is 1. The van der Waals surface area contributed by atoms with E-state index in [0.29, 0.717) is 35.1 Å². The number of hydrogen-bond acceptors (Lipinski definition) is 6. The Bertz CT molecular complexity index is 1090. The topological polar surface area (TPSA) is 114 Å². The van der Waals surface area contributed by atoms with Gasteiger partial charge in [-0.3, -0.25) is 19.9 Å². The fourth-order valence-corrected chi connectivity index (χ4v) is 4.01. The monoisotopic (exact) mass is 487 g/mol. The summed E-state index contributed by atoms with van der Waals surface area (Å²) in [6, 6.07) is 3.13. The predicted octanol–water partition coefficient (Wildman–Crippen LogP) is 4.72. The maximum absolute atomic E-state index is 13.1. The highest BCUT2D eigenvalue weighted by Gasteiger charge is 2.34. The number of nitrogens with zero attached hydrogens (tertiary/aromatic N) is 3. The molecule has 0 aliphatic carbocycles. The second-order valence-corrected chi connectivity index (χ2v) is 10.00. The van der Waals surface area contributed by atoms with Gasteiger partial charge in [-0.1, -0.05) is 18.5 Å². The average Bonchev–Trinajstić information content (AvgIpc) is 2.73. The van der Waals surface area contributed by atoms with Crippen LogP contribution < -0.4 is 10.6 Å². The van der Waals surface area contributed by atoms with E-state index in [1.807, 2.05) is 6.92 Å². The van der Waals surface area contributed by atoms with E-state index in [4.69, 9.17) is 16.3 Å². The zero-order valence-corrected chi connectivity index (χ0v) is 20.8. The van der Waals surface area contributed by atoms with Crippen molar-refractivity contribution < 1.29 is 19.1 Å². The molecule has 2 atom stereocenters. The van der Waals surface area contributed by atoms with Crippen LogP contribution >= 0.6 is 11.6 Å². The first-order valence-corrected chi connectivity index (χ1v) is 11.5. The van der Waals surface area contributed by atoms with Gasteiger partial charge in [-0.05, 0) is 69.7 Å². The molecule has 3 amide bonds. The fourth-order valence-electron chi connectivity index (χ4n) is 3.82. The van der Waals surface area contributed by atoms with Gasteiger partial charge in [0.05, 0.1) is 22.9 Å². The van der Waals surface area contributed by atoms with Gasteiger partial charge in [-0.2, -0.15) is 0 Å². The molecule has 1 fully saturated rings. The molecule has 10 heteroatoms. The first-order chi connectivity index (χ1) is 15.9. The van der Waals surface area contributed by atoms with Crippen molar-refractivity contribution in [3.8, 4) is 0 Å². The summed E-state index contributed by atoms with van der Waals surface area (Å²) in [5.74, 6) is -0.826. The largest absolute Gasteiger partial charge is 0.444 e. The van der Waals surface area contributed by atoms with Gasteiger partial charge in [0, 0.05) is 18.9 Å². The first-order valence-electron chi connectivity index (χ1n) is 11.1. The number of pyridine rings is 2. The molecular formula is C24H30ClN5O4. The zero-order valence-electron chi connectivity index (χ0n) is 20.0. The molecule has 3 rings (SSSR count). The number of aryl methyl sites for hydroxylation is 1. The highest BCUT2D eigenvalue weighted by atomic mass is 35.5. The van der Waals surface area contributed by atoms with E-state index in [-0.39, 0.29) is 12.0 Å². The second-order valence-electron chi connectivity index (χ2n) is 9.56. The van der Waals surface area contributed by atoms with Crippen LogP contribution in [-0.4, -0.2) is 44.9 Å². The molecule has 1 aliphatic heterocycles. The van der Waals surface area contributed by atoms with Gasteiger partial charge in [0.2, 0.25) is 0 Å². The number of aromatic nitrogens is 2. The van der Waals surface area contributed by atoms with Crippen LogP contribution in [0.25, 0.3) is 0 Å². The van der Waals surface area contributed by atoms with E-state index < -0.39 is 23.5 Å². The summed E-state index contributed by atoms with van der Waals surface area (Å²) in [5, 5.41) is 5.68. The molecule has 2 N–H and O–H groups in total. The third kappa shape index (κ3) is 6.66. The van der Waals surface area contributed by atoms with Crippen molar-refractivity contribution in [2.75, 3.05) is 17.2 Å². The first kappa shape index (κ1) is 25.4. The lowest BCUT2D eigenvalue weighted by atomic mass is 9.90. The van der Waals surface area contributed by atoms with Crippen LogP contribution in [0.15, 0.2) is 30.7 Å². The number of carbonyl (C=O) groups is 3. The summed E-state index contributed by atoms with van der Waals surface area (Å²) in [5.41, 5.74) is 1.11. The van der Waals surface area contributed by atoms with Crippen LogP contribution in [-0.2, 0) is 14.3 Å². The Labute approximate surface area is 204 Å². The number of carbonyl (C=O) groups excluding carboxylic acids is 3. The minimum absolute atomic E-state index is 0.266. The normalized spacial score (nSPS) is 18.2. The Morgan fingerprint density at radius 3 is 2.50 bits per heavy atom. The van der Waals surface area contributed by atoms with E-state index in [9.17, 15) is 14.4 Å². The number of hydrogen-bond donors (Lipinski definition) is 2. The molecule has 1 aliphatic rings. The molecule has 34 heavy (non-hydrogen) atoms. The Morgan fingerprint density at radius 1 is 1.12 bits per heavy atom. The van der Waals surface area contributed by atoms with E-state index >= 15 is 0 Å². The van der Waals surface area contributed by atoms with Crippen LogP contribution in [0.4, 0.5) is 16.3 Å². The van der Waals surface area contributed by atoms with E-state index in [1.165, 1.54) is 12.4 Å². The van der Waals surface area contributed by atoms with Crippen molar-refractivity contribution in [1.29, 1.82) is 0 Å². The second kappa shape index (κ2) is 10.4. The number of nitrogens with one attached hydrogen (secondary N) is 2. The van der Waals surface area contributed by atoms with Crippen molar-refractivity contribution in [2.45, 2.75) is 59.1 Å². The molecule has 9 nitrogen and oxygen atoms in total. The molecule has 182 valence electrons. The molecule has 1 saturated heterocycles. The molecule has 0 saturated carbocycles. The molecular weight excluding hydrogens is 458 g/mol. The van der Waals surface area contributed by atoms with Crippen LogP contribution in [0.5, 0.6) is 0 Å². The Hall–Kier alpha value is -3.20. The summed E-state index contributed by atoms with van der Waals surface area (Å²) in [6.45, 7) is 9.52. The van der Waals surface area contributed by atoms with Crippen molar-refractivity contribution >= 4 is 41.0 Å². The minimum Gasteiger partial charge on any atom is -0.444 e. The zero-order chi connectivity index (χ0) is 25.0. The van der Waals surface area contributed by atoms with Crippen molar-refractivity contribution in [3.63, 3.8) is 0 Å². The van der Waals surface area contributed by atoms with Crippen molar-refractivity contribution in [2.24, 2.45) is 5.92 Å². The number of likely N-dealkylation sites (tertiary alicyclic amines) is 1. The maximum atomic E-state index is 13.1. The summed E-state index contributed by atoms with van der Waals surface area (Å²) < 4.78 is 5.23. The third-order valence-corrected chi connectivity index (χ3v) is 5.55. The number of halogens is 1. The van der Waals surface area contributed by atoms with E-state index in [0.717, 1.165) is 12.0 Å². The lowest BCUT2D eigenvalue weighted by molar-refractivity contribution is -0.146. The van der Waals surface area contributed by atoms with Gasteiger partial charge in [0.15, 0.2) is 0 Å². The van der Waals surface area contributed by atoms with Crippen LogP contribution in [0.3, 0.4) is 0 Å². The molecule has 2 aromatic rings. The highest BCUT2D eigenvalue weighted by molar-refractivity contribution is 6.39. The van der Waals surface area contributed by atoms with Crippen molar-refractivity contribution in [1.82, 2.24) is 14.9 Å². The number of rotatable bonds is 3. The SMILES string of the molecule is Cc1cc(NC(=O)C(=O)N2C[C@@H](C)CC[C@@H]2c2cncc(Cl)c2)cnc1NC(=O)OC(C)(C)C. The van der Waals surface area contributed by atoms with Crippen LogP contribution in [0.2, 0.25) is 5.02 Å².